The summed E-state index contributed by atoms with van der Waals surface area (Å²) in [6, 6.07) is 6.21. The third-order valence-electron chi connectivity index (χ3n) is 3.35. The largest absolute Gasteiger partial charge is 0.494 e. The van der Waals surface area contributed by atoms with Gasteiger partial charge in [-0.15, -0.1) is 0 Å². The van der Waals surface area contributed by atoms with Crippen LogP contribution in [0.4, 0.5) is 0 Å². The fourth-order valence-corrected chi connectivity index (χ4v) is 2.37. The number of carbonyl (C=O) groups excluding carboxylic acids is 1. The highest BCUT2D eigenvalue weighted by atomic mass is 16.5. The van der Waals surface area contributed by atoms with E-state index in [1.807, 2.05) is 6.92 Å². The molecule has 0 spiro atoms. The number of nitrogens with zero attached hydrogens (tertiary/aromatic N) is 1. The van der Waals surface area contributed by atoms with Crippen LogP contribution in [0, 0.1) is 0 Å². The minimum atomic E-state index is -0.936. The first-order valence-electron chi connectivity index (χ1n) is 6.90. The molecule has 1 fully saturated rings. The third kappa shape index (κ3) is 3.10. The summed E-state index contributed by atoms with van der Waals surface area (Å²) in [6.07, 6.45) is 2.15. The van der Waals surface area contributed by atoms with E-state index in [0.717, 1.165) is 12.8 Å². The molecule has 1 amide bonds. The van der Waals surface area contributed by atoms with Gasteiger partial charge in [0.1, 0.15) is 11.8 Å². The number of ether oxygens (including phenoxy) is 1. The zero-order valence-electron chi connectivity index (χ0n) is 11.5. The predicted octanol–water partition coefficient (Wildman–Crippen LogP) is 2.16. The van der Waals surface area contributed by atoms with Gasteiger partial charge in [0.05, 0.1) is 6.61 Å². The molecule has 0 radical (unpaired) electrons. The third-order valence-corrected chi connectivity index (χ3v) is 3.35. The highest BCUT2D eigenvalue weighted by Gasteiger charge is 2.34. The van der Waals surface area contributed by atoms with Gasteiger partial charge in [0, 0.05) is 12.1 Å². The van der Waals surface area contributed by atoms with Crippen molar-refractivity contribution in [3.05, 3.63) is 29.8 Å². The zero-order chi connectivity index (χ0) is 14.5. The van der Waals surface area contributed by atoms with Crippen molar-refractivity contribution in [3.8, 4) is 5.75 Å². The summed E-state index contributed by atoms with van der Waals surface area (Å²) in [5, 5.41) is 9.13. The number of carboxylic acids is 1. The molecular formula is C15H19NO4. The Morgan fingerprint density at radius 2 is 2.25 bits per heavy atom. The van der Waals surface area contributed by atoms with Crippen LogP contribution in [0.25, 0.3) is 0 Å². The van der Waals surface area contributed by atoms with Crippen molar-refractivity contribution in [2.45, 2.75) is 32.2 Å². The molecule has 20 heavy (non-hydrogen) atoms. The van der Waals surface area contributed by atoms with Crippen molar-refractivity contribution in [2.24, 2.45) is 0 Å². The Kier molecular flexibility index (Phi) is 4.61. The van der Waals surface area contributed by atoms with Crippen LogP contribution in [-0.4, -0.2) is 41.1 Å². The number of rotatable bonds is 5. The molecule has 1 aromatic rings. The van der Waals surface area contributed by atoms with Gasteiger partial charge in [-0.3, -0.25) is 4.79 Å². The van der Waals surface area contributed by atoms with Gasteiger partial charge in [-0.25, -0.2) is 4.79 Å². The molecule has 0 aliphatic carbocycles. The van der Waals surface area contributed by atoms with Gasteiger partial charge in [0.15, 0.2) is 0 Å². The molecule has 0 saturated carbocycles. The Balaban J connectivity index is 2.14. The van der Waals surface area contributed by atoms with E-state index in [0.29, 0.717) is 30.9 Å². The van der Waals surface area contributed by atoms with Crippen LogP contribution in [0.5, 0.6) is 5.75 Å². The molecule has 1 unspecified atom stereocenters. The lowest BCUT2D eigenvalue weighted by atomic mass is 10.1. The van der Waals surface area contributed by atoms with Gasteiger partial charge < -0.3 is 14.7 Å². The second-order valence-electron chi connectivity index (χ2n) is 4.87. The number of amides is 1. The Morgan fingerprint density at radius 1 is 1.45 bits per heavy atom. The first-order valence-corrected chi connectivity index (χ1v) is 6.90. The number of hydrogen-bond acceptors (Lipinski definition) is 3. The summed E-state index contributed by atoms with van der Waals surface area (Å²) in [5.41, 5.74) is 0.478. The summed E-state index contributed by atoms with van der Waals surface area (Å²) >= 11 is 0. The summed E-state index contributed by atoms with van der Waals surface area (Å²) in [4.78, 5) is 25.0. The monoisotopic (exact) mass is 277 g/mol. The SMILES string of the molecule is CCCOc1cccc(C(=O)N2CCCC2C(=O)O)c1. The first kappa shape index (κ1) is 14.4. The second kappa shape index (κ2) is 6.41. The minimum absolute atomic E-state index is 0.239. The first-order chi connectivity index (χ1) is 9.63. The second-order valence-corrected chi connectivity index (χ2v) is 4.87. The fourth-order valence-electron chi connectivity index (χ4n) is 2.37. The van der Waals surface area contributed by atoms with Crippen LogP contribution in [0.15, 0.2) is 24.3 Å². The molecule has 1 heterocycles. The van der Waals surface area contributed by atoms with Gasteiger partial charge in [0.2, 0.25) is 0 Å². The van der Waals surface area contributed by atoms with Crippen molar-refractivity contribution < 1.29 is 19.4 Å². The van der Waals surface area contributed by atoms with E-state index in [-0.39, 0.29) is 5.91 Å². The predicted molar refractivity (Wildman–Crippen MR) is 73.9 cm³/mol. The molecule has 1 aromatic carbocycles. The normalized spacial score (nSPS) is 18.1. The van der Waals surface area contributed by atoms with Crippen LogP contribution in [-0.2, 0) is 4.79 Å². The van der Waals surface area contributed by atoms with E-state index in [1.54, 1.807) is 24.3 Å². The number of carbonyl (C=O) groups is 2. The smallest absolute Gasteiger partial charge is 0.326 e. The maximum Gasteiger partial charge on any atom is 0.326 e. The molecule has 108 valence electrons. The summed E-state index contributed by atoms with van der Waals surface area (Å²) < 4.78 is 5.50. The molecule has 1 saturated heterocycles. The summed E-state index contributed by atoms with van der Waals surface area (Å²) in [5.74, 6) is -0.533. The van der Waals surface area contributed by atoms with Gasteiger partial charge in [-0.05, 0) is 37.5 Å². The number of hydrogen-bond donors (Lipinski definition) is 1. The lowest BCUT2D eigenvalue weighted by molar-refractivity contribution is -0.141. The molecular weight excluding hydrogens is 258 g/mol. The van der Waals surface area contributed by atoms with E-state index < -0.39 is 12.0 Å². The van der Waals surface area contributed by atoms with Crippen molar-refractivity contribution >= 4 is 11.9 Å². The Morgan fingerprint density at radius 3 is 2.95 bits per heavy atom. The lowest BCUT2D eigenvalue weighted by Crippen LogP contribution is -2.40. The van der Waals surface area contributed by atoms with Crippen LogP contribution in [0.1, 0.15) is 36.5 Å². The van der Waals surface area contributed by atoms with Crippen LogP contribution in [0.2, 0.25) is 0 Å². The maximum absolute atomic E-state index is 12.4. The van der Waals surface area contributed by atoms with Crippen molar-refractivity contribution in [1.82, 2.24) is 4.90 Å². The fraction of sp³-hybridized carbons (Fsp3) is 0.467. The lowest BCUT2D eigenvalue weighted by Gasteiger charge is -2.21. The van der Waals surface area contributed by atoms with E-state index in [9.17, 15) is 9.59 Å². The van der Waals surface area contributed by atoms with Gasteiger partial charge in [-0.2, -0.15) is 0 Å². The van der Waals surface area contributed by atoms with Crippen molar-refractivity contribution in [2.75, 3.05) is 13.2 Å². The van der Waals surface area contributed by atoms with Crippen molar-refractivity contribution in [1.29, 1.82) is 0 Å². The number of benzene rings is 1. The Labute approximate surface area is 118 Å². The van der Waals surface area contributed by atoms with E-state index in [4.69, 9.17) is 9.84 Å². The highest BCUT2D eigenvalue weighted by molar-refractivity contribution is 5.97. The van der Waals surface area contributed by atoms with Gasteiger partial charge in [-0.1, -0.05) is 13.0 Å². The van der Waals surface area contributed by atoms with Crippen LogP contribution in [0.3, 0.4) is 0 Å². The summed E-state index contributed by atoms with van der Waals surface area (Å²) in [7, 11) is 0. The zero-order valence-corrected chi connectivity index (χ0v) is 11.5. The van der Waals surface area contributed by atoms with Crippen LogP contribution >= 0.6 is 0 Å². The maximum atomic E-state index is 12.4. The van der Waals surface area contributed by atoms with Gasteiger partial charge in [0.25, 0.3) is 5.91 Å². The molecule has 0 bridgehead atoms. The topological polar surface area (TPSA) is 66.8 Å². The average Bonchev–Trinajstić information content (AvgIpc) is 2.94. The van der Waals surface area contributed by atoms with E-state index >= 15 is 0 Å². The van der Waals surface area contributed by atoms with Crippen LogP contribution < -0.4 is 4.74 Å². The van der Waals surface area contributed by atoms with Crippen molar-refractivity contribution in [3.63, 3.8) is 0 Å². The molecule has 1 N–H and O–H groups in total. The number of aliphatic carboxylic acids is 1. The number of carboxylic acid groups (broad SMARTS) is 1. The standard InChI is InChI=1S/C15H19NO4/c1-2-9-20-12-6-3-5-11(10-12)14(17)16-8-4-7-13(16)15(18)19/h3,5-6,10,13H,2,4,7-9H2,1H3,(H,18,19). The van der Waals surface area contributed by atoms with E-state index in [2.05, 4.69) is 0 Å². The molecule has 1 atom stereocenters. The van der Waals surface area contributed by atoms with Gasteiger partial charge >= 0.3 is 5.97 Å². The molecule has 2 rings (SSSR count). The number of likely N-dealkylation sites (tertiary alicyclic amines) is 1. The molecule has 1 aliphatic rings. The average molecular weight is 277 g/mol. The Hall–Kier alpha value is -2.04. The van der Waals surface area contributed by atoms with E-state index in [1.165, 1.54) is 4.90 Å². The molecule has 1 aliphatic heterocycles. The molecule has 0 aromatic heterocycles. The summed E-state index contributed by atoms with van der Waals surface area (Å²) in [6.45, 7) is 3.10. The highest BCUT2D eigenvalue weighted by Crippen LogP contribution is 2.22. The quantitative estimate of drug-likeness (QED) is 0.895. The molecule has 5 nitrogen and oxygen atoms in total. The minimum Gasteiger partial charge on any atom is -0.494 e. The molecule has 5 heteroatoms. The Bertz CT molecular complexity index is 500.